The van der Waals surface area contributed by atoms with Crippen LogP contribution in [0.2, 0.25) is 0 Å². The number of hydrogen-bond donors (Lipinski definition) is 1. The zero-order valence-electron chi connectivity index (χ0n) is 17.5. The third-order valence-corrected chi connectivity index (χ3v) is 4.49. The molecule has 1 aromatic heterocycles. The Bertz CT molecular complexity index is 992. The van der Waals surface area contributed by atoms with E-state index in [0.717, 1.165) is 33.8 Å². The Labute approximate surface area is 167 Å². The van der Waals surface area contributed by atoms with Crippen molar-refractivity contribution in [1.29, 1.82) is 0 Å². The minimum absolute atomic E-state index is 0.183. The van der Waals surface area contributed by atoms with Crippen molar-refractivity contribution in [2.45, 2.75) is 41.5 Å². The molecule has 0 saturated carbocycles. The van der Waals surface area contributed by atoms with E-state index in [2.05, 4.69) is 53.8 Å². The lowest BCUT2D eigenvalue weighted by Crippen LogP contribution is -1.97. The molecule has 2 aromatic carbocycles. The molecule has 0 spiro atoms. The fourth-order valence-corrected chi connectivity index (χ4v) is 2.96. The molecule has 3 nitrogen and oxygen atoms in total. The van der Waals surface area contributed by atoms with Crippen molar-refractivity contribution in [3.05, 3.63) is 88.5 Å². The fraction of sp³-hybridized carbons (Fsp3) is 0.250. The normalized spacial score (nSPS) is 11.0. The number of nitrogens with one attached hydrogen (secondary N) is 1. The van der Waals surface area contributed by atoms with Gasteiger partial charge in [-0.15, -0.1) is 0 Å². The SMILES string of the molecule is C=C(C)c1c(C)cccc1F.CC(=Nc1cc(C)ccc1C)c1[nH]ncc1C. The molecule has 0 bridgehead atoms. The number of hydrogen-bond acceptors (Lipinski definition) is 2. The second kappa shape index (κ2) is 9.27. The summed E-state index contributed by atoms with van der Waals surface area (Å²) in [6, 6.07) is 11.3. The van der Waals surface area contributed by atoms with Gasteiger partial charge in [0, 0.05) is 5.56 Å². The molecule has 0 amide bonds. The first-order valence-electron chi connectivity index (χ1n) is 9.24. The Balaban J connectivity index is 0.000000221. The standard InChI is InChI=1S/C14H17N3.C10H11F/c1-9-5-6-10(2)13(7-9)16-12(4)14-11(3)8-15-17-14;1-7(2)10-8(3)5-4-6-9(10)11/h5-8H,1-4H3,(H,15,17);4-6H,1H2,2-3H3. The van der Waals surface area contributed by atoms with Crippen molar-refractivity contribution in [3.8, 4) is 0 Å². The van der Waals surface area contributed by atoms with E-state index in [1.54, 1.807) is 6.07 Å². The topological polar surface area (TPSA) is 41.0 Å². The van der Waals surface area contributed by atoms with Gasteiger partial charge in [-0.3, -0.25) is 10.1 Å². The Morgan fingerprint density at radius 2 is 1.71 bits per heavy atom. The van der Waals surface area contributed by atoms with Crippen LogP contribution in [0.1, 0.15) is 47.4 Å². The van der Waals surface area contributed by atoms with Crippen molar-refractivity contribution in [3.63, 3.8) is 0 Å². The van der Waals surface area contributed by atoms with E-state index in [-0.39, 0.29) is 5.82 Å². The molecule has 0 aliphatic heterocycles. The summed E-state index contributed by atoms with van der Waals surface area (Å²) in [5.74, 6) is -0.183. The van der Waals surface area contributed by atoms with Crippen molar-refractivity contribution in [1.82, 2.24) is 10.2 Å². The van der Waals surface area contributed by atoms with Crippen molar-refractivity contribution in [2.75, 3.05) is 0 Å². The number of aryl methyl sites for hydroxylation is 4. The van der Waals surface area contributed by atoms with E-state index < -0.39 is 0 Å². The average Bonchev–Trinajstić information content (AvgIpc) is 3.04. The molecule has 4 heteroatoms. The minimum Gasteiger partial charge on any atom is -0.276 e. The average molecular weight is 378 g/mol. The van der Waals surface area contributed by atoms with Crippen molar-refractivity contribution >= 4 is 17.0 Å². The van der Waals surface area contributed by atoms with Gasteiger partial charge in [-0.05, 0) is 81.5 Å². The van der Waals surface area contributed by atoms with E-state index >= 15 is 0 Å². The largest absolute Gasteiger partial charge is 0.276 e. The predicted octanol–water partition coefficient (Wildman–Crippen LogP) is 6.64. The summed E-state index contributed by atoms with van der Waals surface area (Å²) in [5.41, 5.74) is 8.90. The number of aliphatic imine (C=N–C) groups is 1. The van der Waals surface area contributed by atoms with Gasteiger partial charge in [-0.2, -0.15) is 5.10 Å². The maximum atomic E-state index is 13.0. The molecular weight excluding hydrogens is 349 g/mol. The zero-order valence-corrected chi connectivity index (χ0v) is 17.5. The Hall–Kier alpha value is -3.01. The minimum atomic E-state index is -0.183. The van der Waals surface area contributed by atoms with Crippen molar-refractivity contribution < 1.29 is 4.39 Å². The van der Waals surface area contributed by atoms with Gasteiger partial charge in [0.05, 0.1) is 23.3 Å². The predicted molar refractivity (Wildman–Crippen MR) is 117 cm³/mol. The molecule has 0 radical (unpaired) electrons. The lowest BCUT2D eigenvalue weighted by atomic mass is 10.0. The van der Waals surface area contributed by atoms with Crippen LogP contribution >= 0.6 is 0 Å². The molecule has 1 N–H and O–H groups in total. The summed E-state index contributed by atoms with van der Waals surface area (Å²) in [7, 11) is 0. The van der Waals surface area contributed by atoms with Gasteiger partial charge in [0.1, 0.15) is 5.82 Å². The summed E-state index contributed by atoms with van der Waals surface area (Å²) in [5, 5.41) is 7.00. The van der Waals surface area contributed by atoms with Crippen LogP contribution in [0.25, 0.3) is 5.57 Å². The van der Waals surface area contributed by atoms with Gasteiger partial charge in [0.15, 0.2) is 0 Å². The lowest BCUT2D eigenvalue weighted by molar-refractivity contribution is 0.622. The van der Waals surface area contributed by atoms with Crippen molar-refractivity contribution in [2.24, 2.45) is 4.99 Å². The van der Waals surface area contributed by atoms with Crippen LogP contribution in [0.3, 0.4) is 0 Å². The van der Waals surface area contributed by atoms with Gasteiger partial charge in [-0.1, -0.05) is 30.8 Å². The lowest BCUT2D eigenvalue weighted by Gasteiger charge is -2.04. The molecule has 0 unspecified atom stereocenters. The van der Waals surface area contributed by atoms with E-state index in [1.807, 2.05) is 40.0 Å². The first-order valence-corrected chi connectivity index (χ1v) is 9.24. The molecule has 0 saturated heterocycles. The summed E-state index contributed by atoms with van der Waals surface area (Å²) < 4.78 is 13.0. The van der Waals surface area contributed by atoms with E-state index in [0.29, 0.717) is 5.56 Å². The number of allylic oxidation sites excluding steroid dienone is 1. The summed E-state index contributed by atoms with van der Waals surface area (Å²) in [4.78, 5) is 4.67. The molecule has 0 atom stereocenters. The highest BCUT2D eigenvalue weighted by Crippen LogP contribution is 2.21. The molecule has 146 valence electrons. The number of aromatic amines is 1. The van der Waals surface area contributed by atoms with Crippen LogP contribution in [0, 0.1) is 33.5 Å². The molecule has 28 heavy (non-hydrogen) atoms. The summed E-state index contributed by atoms with van der Waals surface area (Å²) >= 11 is 0. The molecule has 0 aliphatic rings. The van der Waals surface area contributed by atoms with Crippen LogP contribution in [0.15, 0.2) is 54.2 Å². The third kappa shape index (κ3) is 5.26. The molecule has 3 rings (SSSR count). The number of nitrogens with zero attached hydrogens (tertiary/aromatic N) is 2. The number of rotatable bonds is 3. The summed E-state index contributed by atoms with van der Waals surface area (Å²) in [6.07, 6.45) is 1.82. The number of aromatic nitrogens is 2. The van der Waals surface area contributed by atoms with Gasteiger partial charge in [-0.25, -0.2) is 4.39 Å². The van der Waals surface area contributed by atoms with E-state index in [9.17, 15) is 4.39 Å². The number of H-pyrrole nitrogens is 1. The van der Waals surface area contributed by atoms with Gasteiger partial charge in [0.25, 0.3) is 0 Å². The quantitative estimate of drug-likeness (QED) is 0.511. The maximum absolute atomic E-state index is 13.0. The maximum Gasteiger partial charge on any atom is 0.130 e. The second-order valence-corrected chi connectivity index (χ2v) is 7.13. The van der Waals surface area contributed by atoms with Crippen LogP contribution in [0.4, 0.5) is 10.1 Å². The molecule has 1 heterocycles. The highest BCUT2D eigenvalue weighted by Gasteiger charge is 2.05. The van der Waals surface area contributed by atoms with Gasteiger partial charge in [0.2, 0.25) is 0 Å². The Morgan fingerprint density at radius 3 is 2.25 bits per heavy atom. The monoisotopic (exact) mass is 377 g/mol. The molecule has 0 fully saturated rings. The number of halogens is 1. The Kier molecular flexibility index (Phi) is 7.05. The zero-order chi connectivity index (χ0) is 20.8. The van der Waals surface area contributed by atoms with Crippen LogP contribution in [-0.2, 0) is 0 Å². The second-order valence-electron chi connectivity index (χ2n) is 7.13. The van der Waals surface area contributed by atoms with Crippen LogP contribution in [0.5, 0.6) is 0 Å². The van der Waals surface area contributed by atoms with Gasteiger partial charge >= 0.3 is 0 Å². The third-order valence-electron chi connectivity index (χ3n) is 4.49. The van der Waals surface area contributed by atoms with Gasteiger partial charge < -0.3 is 0 Å². The molecule has 3 aromatic rings. The van der Waals surface area contributed by atoms with Crippen LogP contribution in [-0.4, -0.2) is 15.9 Å². The molecular formula is C24H28FN3. The summed E-state index contributed by atoms with van der Waals surface area (Å²) in [6.45, 7) is 15.6. The number of benzene rings is 2. The smallest absolute Gasteiger partial charge is 0.130 e. The Morgan fingerprint density at radius 1 is 1.00 bits per heavy atom. The highest BCUT2D eigenvalue weighted by molar-refractivity contribution is 5.99. The fourth-order valence-electron chi connectivity index (χ4n) is 2.96. The van der Waals surface area contributed by atoms with E-state index in [1.165, 1.54) is 17.2 Å². The first kappa shape index (κ1) is 21.3. The van der Waals surface area contributed by atoms with E-state index in [4.69, 9.17) is 0 Å². The first-order chi connectivity index (χ1) is 13.2. The highest BCUT2D eigenvalue weighted by atomic mass is 19.1. The van der Waals surface area contributed by atoms with Crippen LogP contribution < -0.4 is 0 Å². The molecule has 0 aliphatic carbocycles.